The summed E-state index contributed by atoms with van der Waals surface area (Å²) in [5, 5.41) is 14.3. The van der Waals surface area contributed by atoms with Gasteiger partial charge in [0.15, 0.2) is 0 Å². The Balaban J connectivity index is 0.000000646. The van der Waals surface area contributed by atoms with Crippen LogP contribution in [0.1, 0.15) is 58.4 Å². The molecule has 1 heterocycles. The van der Waals surface area contributed by atoms with E-state index in [0.29, 0.717) is 44.4 Å². The molecule has 1 fully saturated rings. The zero-order valence-electron chi connectivity index (χ0n) is 22.4. The number of nitrogens with zero attached hydrogens (tertiary/aromatic N) is 1. The fraction of sp³-hybridized carbons (Fsp3) is 0.393. The number of rotatable bonds is 5. The van der Waals surface area contributed by atoms with Crippen LogP contribution in [0.25, 0.3) is 10.9 Å². The maximum atomic E-state index is 13.1. The van der Waals surface area contributed by atoms with Gasteiger partial charge >= 0.3 is 24.5 Å². The molecule has 0 spiro atoms. The number of halogens is 9. The van der Waals surface area contributed by atoms with Gasteiger partial charge in [0.05, 0.1) is 22.3 Å². The minimum Gasteiger partial charge on any atom is -0.475 e. The summed E-state index contributed by atoms with van der Waals surface area (Å²) in [6.45, 7) is 2.60. The molecule has 1 aromatic heterocycles. The van der Waals surface area contributed by atoms with Crippen molar-refractivity contribution in [1.82, 2.24) is 15.6 Å². The number of hydrogen-bond donors (Lipinski definition) is 3. The minimum atomic E-state index is -5.08. The molecule has 0 radical (unpaired) electrons. The highest BCUT2D eigenvalue weighted by molar-refractivity contribution is 5.95. The number of hydrogen-bond acceptors (Lipinski definition) is 4. The van der Waals surface area contributed by atoms with Crippen molar-refractivity contribution in [2.24, 2.45) is 0 Å². The van der Waals surface area contributed by atoms with E-state index in [2.05, 4.69) is 15.6 Å². The molecular weight excluding hydrogens is 597 g/mol. The van der Waals surface area contributed by atoms with Gasteiger partial charge in [-0.2, -0.15) is 39.5 Å². The van der Waals surface area contributed by atoms with Gasteiger partial charge in [0.1, 0.15) is 0 Å². The van der Waals surface area contributed by atoms with Crippen LogP contribution in [0.4, 0.5) is 39.5 Å². The summed E-state index contributed by atoms with van der Waals surface area (Å²) in [6, 6.07) is 10.7. The number of carboxylic acid groups (broad SMARTS) is 1. The van der Waals surface area contributed by atoms with Crippen LogP contribution in [-0.2, 0) is 23.7 Å². The van der Waals surface area contributed by atoms with Crippen LogP contribution in [0.15, 0.2) is 48.5 Å². The lowest BCUT2D eigenvalue weighted by molar-refractivity contribution is -0.192. The number of para-hydroxylation sites is 1. The third-order valence-electron chi connectivity index (χ3n) is 6.70. The normalized spacial score (nSPS) is 17.6. The molecule has 1 amide bonds. The Bertz CT molecular complexity index is 1410. The predicted octanol–water partition coefficient (Wildman–Crippen LogP) is 7.04. The van der Waals surface area contributed by atoms with Crippen LogP contribution in [0.2, 0.25) is 0 Å². The Morgan fingerprint density at radius 3 is 1.86 bits per heavy atom. The number of carbonyl (C=O) groups excluding carboxylic acids is 1. The SMILES string of the molecule is Cc1cc(CNC2CCC(NC(=O)c3cc(C(F)(F)F)cc(C(F)(F)F)c3)CC2)nc2ccccc12.O=C(O)C(F)(F)F. The van der Waals surface area contributed by atoms with Gasteiger partial charge in [0.25, 0.3) is 5.91 Å². The second-order valence-corrected chi connectivity index (χ2v) is 9.95. The van der Waals surface area contributed by atoms with Gasteiger partial charge in [-0.05, 0) is 68.5 Å². The first-order chi connectivity index (χ1) is 19.8. The zero-order chi connectivity index (χ0) is 32.2. The molecule has 0 bridgehead atoms. The highest BCUT2D eigenvalue weighted by atomic mass is 19.4. The fourth-order valence-electron chi connectivity index (χ4n) is 4.56. The molecule has 0 aliphatic heterocycles. The largest absolute Gasteiger partial charge is 0.490 e. The van der Waals surface area contributed by atoms with Gasteiger partial charge < -0.3 is 15.7 Å². The molecule has 4 rings (SSSR count). The van der Waals surface area contributed by atoms with Crippen molar-refractivity contribution >= 4 is 22.8 Å². The molecular formula is C28H26F9N3O3. The second kappa shape index (κ2) is 13.2. The highest BCUT2D eigenvalue weighted by Gasteiger charge is 2.39. The Hall–Kier alpha value is -3.88. The molecule has 234 valence electrons. The summed E-state index contributed by atoms with van der Waals surface area (Å²) in [5.74, 6) is -3.70. The molecule has 43 heavy (non-hydrogen) atoms. The number of aromatic nitrogens is 1. The summed E-state index contributed by atoms with van der Waals surface area (Å²) in [5.41, 5.74) is -0.710. The minimum absolute atomic E-state index is 0.0134. The summed E-state index contributed by atoms with van der Waals surface area (Å²) in [7, 11) is 0. The van der Waals surface area contributed by atoms with Crippen LogP contribution in [-0.4, -0.2) is 40.2 Å². The average molecular weight is 624 g/mol. The maximum absolute atomic E-state index is 13.1. The van der Waals surface area contributed by atoms with E-state index in [4.69, 9.17) is 9.90 Å². The first kappa shape index (κ1) is 33.6. The quantitative estimate of drug-likeness (QED) is 0.265. The Kier molecular flexibility index (Phi) is 10.3. The topological polar surface area (TPSA) is 91.3 Å². The third-order valence-corrected chi connectivity index (χ3v) is 6.70. The van der Waals surface area contributed by atoms with Crippen LogP contribution in [0, 0.1) is 6.92 Å². The number of nitrogens with one attached hydrogen (secondary N) is 2. The molecule has 6 nitrogen and oxygen atoms in total. The lowest BCUT2D eigenvalue weighted by Crippen LogP contribution is -2.42. The van der Waals surface area contributed by atoms with Crippen molar-refractivity contribution in [2.75, 3.05) is 0 Å². The Morgan fingerprint density at radius 2 is 1.35 bits per heavy atom. The van der Waals surface area contributed by atoms with Crippen molar-refractivity contribution in [3.05, 3.63) is 76.5 Å². The molecule has 2 aromatic carbocycles. The Morgan fingerprint density at radius 1 is 0.837 bits per heavy atom. The fourth-order valence-corrected chi connectivity index (χ4v) is 4.56. The van der Waals surface area contributed by atoms with E-state index in [1.807, 2.05) is 37.3 Å². The molecule has 15 heteroatoms. The number of pyridine rings is 1. The molecule has 3 aromatic rings. The number of fused-ring (bicyclic) bond motifs is 1. The van der Waals surface area contributed by atoms with Crippen LogP contribution < -0.4 is 10.6 Å². The molecule has 1 aliphatic carbocycles. The van der Waals surface area contributed by atoms with Crippen LogP contribution in [0.3, 0.4) is 0 Å². The summed E-state index contributed by atoms with van der Waals surface area (Å²) in [6.07, 6.45) is -12.6. The van der Waals surface area contributed by atoms with E-state index >= 15 is 0 Å². The van der Waals surface area contributed by atoms with Crippen molar-refractivity contribution in [2.45, 2.75) is 69.8 Å². The van der Waals surface area contributed by atoms with Crippen molar-refractivity contribution in [3.8, 4) is 0 Å². The van der Waals surface area contributed by atoms with Crippen molar-refractivity contribution in [1.29, 1.82) is 0 Å². The van der Waals surface area contributed by atoms with E-state index in [1.54, 1.807) is 0 Å². The number of aryl methyl sites for hydroxylation is 1. The summed E-state index contributed by atoms with van der Waals surface area (Å²) >= 11 is 0. The molecule has 0 unspecified atom stereocenters. The van der Waals surface area contributed by atoms with Crippen LogP contribution in [0.5, 0.6) is 0 Å². The number of carbonyl (C=O) groups is 2. The number of benzene rings is 2. The number of alkyl halides is 9. The van der Waals surface area contributed by atoms with Gasteiger partial charge in [-0.25, -0.2) is 4.79 Å². The number of amides is 1. The summed E-state index contributed by atoms with van der Waals surface area (Å²) < 4.78 is 110. The number of carboxylic acids is 1. The standard InChI is InChI=1S/C26H25F6N3O.C2HF3O2/c1-15-10-21(34-23-5-3-2-4-22(15)23)14-33-19-6-8-20(9-7-19)35-24(36)16-11-17(25(27,28)29)13-18(12-16)26(30,31)32;3-2(4,5)1(6)7/h2-5,10-13,19-20,33H,6-9,14H2,1H3,(H,35,36);(H,6,7). The zero-order valence-corrected chi connectivity index (χ0v) is 22.4. The van der Waals surface area contributed by atoms with E-state index in [9.17, 15) is 44.3 Å². The second-order valence-electron chi connectivity index (χ2n) is 9.95. The van der Waals surface area contributed by atoms with Gasteiger partial charge in [-0.15, -0.1) is 0 Å². The number of aliphatic carboxylic acids is 1. The van der Waals surface area contributed by atoms with Gasteiger partial charge in [-0.1, -0.05) is 18.2 Å². The lowest BCUT2D eigenvalue weighted by Gasteiger charge is -2.30. The molecule has 0 atom stereocenters. The van der Waals surface area contributed by atoms with E-state index in [0.717, 1.165) is 22.2 Å². The van der Waals surface area contributed by atoms with Crippen molar-refractivity contribution < 1.29 is 54.2 Å². The van der Waals surface area contributed by atoms with Gasteiger partial charge in [-0.3, -0.25) is 9.78 Å². The third kappa shape index (κ3) is 9.56. The average Bonchev–Trinajstić information content (AvgIpc) is 2.91. The lowest BCUT2D eigenvalue weighted by atomic mass is 9.90. The van der Waals surface area contributed by atoms with E-state index in [-0.39, 0.29) is 18.2 Å². The first-order valence-electron chi connectivity index (χ1n) is 12.8. The van der Waals surface area contributed by atoms with Crippen LogP contribution >= 0.6 is 0 Å². The molecule has 0 saturated heterocycles. The predicted molar refractivity (Wildman–Crippen MR) is 137 cm³/mol. The van der Waals surface area contributed by atoms with Gasteiger partial charge in [0, 0.05) is 29.6 Å². The molecule has 1 saturated carbocycles. The first-order valence-corrected chi connectivity index (χ1v) is 12.8. The molecule has 1 aliphatic rings. The smallest absolute Gasteiger partial charge is 0.475 e. The van der Waals surface area contributed by atoms with Gasteiger partial charge in [0.2, 0.25) is 0 Å². The Labute approximate surface area is 239 Å². The summed E-state index contributed by atoms with van der Waals surface area (Å²) in [4.78, 5) is 26.1. The molecule has 3 N–H and O–H groups in total. The maximum Gasteiger partial charge on any atom is 0.490 e. The highest BCUT2D eigenvalue weighted by Crippen LogP contribution is 2.36. The van der Waals surface area contributed by atoms with Crippen molar-refractivity contribution in [3.63, 3.8) is 0 Å². The van der Waals surface area contributed by atoms with E-state index < -0.39 is 47.1 Å². The van der Waals surface area contributed by atoms with E-state index in [1.165, 1.54) is 0 Å². The monoisotopic (exact) mass is 623 g/mol.